The molecule has 0 aliphatic carbocycles. The first-order valence-electron chi connectivity index (χ1n) is 4.31. The molecule has 0 fully saturated rings. The van der Waals surface area contributed by atoms with E-state index in [2.05, 4.69) is 4.98 Å². The molecule has 0 amide bonds. The van der Waals surface area contributed by atoms with Gasteiger partial charge >= 0.3 is 0 Å². The van der Waals surface area contributed by atoms with Crippen LogP contribution < -0.4 is 5.72 Å². The lowest BCUT2D eigenvalue weighted by atomic mass is 10.1. The first-order valence-corrected chi connectivity index (χ1v) is 4.31. The maximum atomic E-state index is 12.2. The van der Waals surface area contributed by atoms with Crippen LogP contribution in [-0.2, 0) is 6.54 Å². The zero-order chi connectivity index (χ0) is 9.26. The predicted molar refractivity (Wildman–Crippen MR) is 53.9 cm³/mol. The van der Waals surface area contributed by atoms with Crippen molar-refractivity contribution in [3.8, 4) is 0 Å². The lowest BCUT2D eigenvalue weighted by molar-refractivity contribution is 0.453. The first kappa shape index (κ1) is 8.29. The monoisotopic (exact) mass is 176 g/mol. The highest BCUT2D eigenvalue weighted by Gasteiger charge is 2.04. The van der Waals surface area contributed by atoms with E-state index in [1.165, 1.54) is 0 Å². The molecule has 0 spiro atoms. The number of aryl methyl sites for hydroxylation is 1. The van der Waals surface area contributed by atoms with E-state index in [0.717, 1.165) is 16.8 Å². The van der Waals surface area contributed by atoms with Gasteiger partial charge in [0.05, 0.1) is 23.3 Å². The van der Waals surface area contributed by atoms with Gasteiger partial charge in [0.2, 0.25) is 0 Å². The molecule has 1 heterocycles. The Morgan fingerprint density at radius 3 is 2.92 bits per heavy atom. The molecule has 4 heteroatoms. The van der Waals surface area contributed by atoms with Crippen molar-refractivity contribution in [2.45, 2.75) is 6.54 Å². The summed E-state index contributed by atoms with van der Waals surface area (Å²) in [5.74, 6) is 0. The van der Waals surface area contributed by atoms with Crippen LogP contribution in [0, 0.1) is 0 Å². The molecular formula is C9H10BFN2. The average molecular weight is 176 g/mol. The number of rotatable bonds is 2. The molecule has 0 bridgehead atoms. The molecule has 13 heavy (non-hydrogen) atoms. The molecule has 0 aliphatic heterocycles. The number of alkyl halides is 1. The van der Waals surface area contributed by atoms with E-state index in [0.29, 0.717) is 6.54 Å². The van der Waals surface area contributed by atoms with E-state index in [9.17, 15) is 4.39 Å². The van der Waals surface area contributed by atoms with Crippen molar-refractivity contribution in [2.75, 3.05) is 6.67 Å². The summed E-state index contributed by atoms with van der Waals surface area (Å²) < 4.78 is 14.1. The van der Waals surface area contributed by atoms with Crippen LogP contribution >= 0.6 is 0 Å². The fourth-order valence-electron chi connectivity index (χ4n) is 1.56. The minimum Gasteiger partial charge on any atom is -0.334 e. The predicted octanol–water partition coefficient (Wildman–Crippen LogP) is 0.264. The normalized spacial score (nSPS) is 10.8. The number of fused-ring (bicyclic) bond motifs is 1. The summed E-state index contributed by atoms with van der Waals surface area (Å²) in [6.07, 6.45) is 0. The van der Waals surface area contributed by atoms with Crippen LogP contribution in [0.25, 0.3) is 11.0 Å². The van der Waals surface area contributed by atoms with E-state index in [-0.39, 0.29) is 6.67 Å². The van der Waals surface area contributed by atoms with Gasteiger partial charge in [-0.25, -0.2) is 9.37 Å². The first-order chi connectivity index (χ1) is 6.33. The second-order valence-electron chi connectivity index (χ2n) is 2.99. The SMILES string of the molecule is Bc1nc2ccccc2n1CCF. The van der Waals surface area contributed by atoms with E-state index < -0.39 is 0 Å². The fourth-order valence-corrected chi connectivity index (χ4v) is 1.56. The van der Waals surface area contributed by atoms with Crippen molar-refractivity contribution in [1.29, 1.82) is 0 Å². The molecule has 1 aromatic carbocycles. The third-order valence-electron chi connectivity index (χ3n) is 2.15. The molecule has 2 rings (SSSR count). The summed E-state index contributed by atoms with van der Waals surface area (Å²) in [6.45, 7) is 0.0491. The topological polar surface area (TPSA) is 17.8 Å². The number of hydrogen-bond donors (Lipinski definition) is 0. The van der Waals surface area contributed by atoms with Crippen molar-refractivity contribution >= 4 is 24.6 Å². The number of benzene rings is 1. The van der Waals surface area contributed by atoms with Crippen LogP contribution in [0.15, 0.2) is 24.3 Å². The number of hydrogen-bond acceptors (Lipinski definition) is 1. The molecule has 0 N–H and O–H groups in total. The van der Waals surface area contributed by atoms with Crippen molar-refractivity contribution < 1.29 is 4.39 Å². The second-order valence-corrected chi connectivity index (χ2v) is 2.99. The average Bonchev–Trinajstić information content (AvgIpc) is 2.44. The van der Waals surface area contributed by atoms with Gasteiger partial charge in [-0.3, -0.25) is 0 Å². The number of halogens is 1. The van der Waals surface area contributed by atoms with Crippen LogP contribution in [-0.4, -0.2) is 24.1 Å². The highest BCUT2D eigenvalue weighted by atomic mass is 19.1. The van der Waals surface area contributed by atoms with Gasteiger partial charge in [0, 0.05) is 0 Å². The van der Waals surface area contributed by atoms with Crippen LogP contribution in [0.4, 0.5) is 4.39 Å². The third kappa shape index (κ3) is 1.32. The molecular weight excluding hydrogens is 166 g/mol. The summed E-state index contributed by atoms with van der Waals surface area (Å²) in [6, 6.07) is 7.79. The van der Waals surface area contributed by atoms with E-state index in [1.54, 1.807) is 0 Å². The smallest absolute Gasteiger partial charge is 0.186 e. The molecule has 0 aliphatic rings. The van der Waals surface area contributed by atoms with E-state index >= 15 is 0 Å². The van der Waals surface area contributed by atoms with Crippen molar-refractivity contribution in [2.24, 2.45) is 0 Å². The van der Waals surface area contributed by atoms with Gasteiger partial charge in [0.1, 0.15) is 6.67 Å². The van der Waals surface area contributed by atoms with Gasteiger partial charge in [-0.2, -0.15) is 0 Å². The quantitative estimate of drug-likeness (QED) is 0.600. The zero-order valence-corrected chi connectivity index (χ0v) is 7.50. The van der Waals surface area contributed by atoms with Gasteiger partial charge in [0.25, 0.3) is 0 Å². The maximum Gasteiger partial charge on any atom is 0.186 e. The minimum absolute atomic E-state index is 0.346. The van der Waals surface area contributed by atoms with Crippen LogP contribution in [0.1, 0.15) is 0 Å². The molecule has 0 saturated carbocycles. The summed E-state index contributed by atoms with van der Waals surface area (Å²) in [5.41, 5.74) is 2.82. The van der Waals surface area contributed by atoms with Crippen LogP contribution in [0.3, 0.4) is 0 Å². The Labute approximate surface area is 76.8 Å². The summed E-state index contributed by atoms with van der Waals surface area (Å²) in [5, 5.41) is 0. The minimum atomic E-state index is -0.346. The summed E-state index contributed by atoms with van der Waals surface area (Å²) in [7, 11) is 1.90. The molecule has 66 valence electrons. The van der Waals surface area contributed by atoms with E-state index in [4.69, 9.17) is 0 Å². The van der Waals surface area contributed by atoms with Crippen molar-refractivity contribution in [1.82, 2.24) is 9.55 Å². The van der Waals surface area contributed by atoms with Gasteiger partial charge in [-0.15, -0.1) is 0 Å². The molecule has 0 unspecified atom stereocenters. The summed E-state index contributed by atoms with van der Waals surface area (Å²) >= 11 is 0. The zero-order valence-electron chi connectivity index (χ0n) is 7.50. The Hall–Kier alpha value is -1.32. The molecule has 2 nitrogen and oxygen atoms in total. The number of imidazole rings is 1. The van der Waals surface area contributed by atoms with Crippen molar-refractivity contribution in [3.63, 3.8) is 0 Å². The third-order valence-corrected chi connectivity index (χ3v) is 2.15. The second kappa shape index (κ2) is 3.20. The summed E-state index contributed by atoms with van der Waals surface area (Å²) in [4.78, 5) is 4.33. The molecule has 0 atom stereocenters. The number of nitrogens with zero attached hydrogens (tertiary/aromatic N) is 2. The number of para-hydroxylation sites is 2. The standard InChI is InChI=1S/C9H10BFN2/c10-9-12-7-3-1-2-4-8(7)13(9)6-5-11/h1-4H,5-6,10H2. The Kier molecular flexibility index (Phi) is 2.04. The lowest BCUT2D eigenvalue weighted by Crippen LogP contribution is -2.19. The Bertz CT molecular complexity index is 424. The molecule has 2 aromatic rings. The van der Waals surface area contributed by atoms with Gasteiger partial charge in [-0.1, -0.05) is 12.1 Å². The Morgan fingerprint density at radius 2 is 2.15 bits per heavy atom. The molecule has 0 saturated heterocycles. The van der Waals surface area contributed by atoms with Crippen LogP contribution in [0.5, 0.6) is 0 Å². The van der Waals surface area contributed by atoms with E-state index in [1.807, 2.05) is 36.7 Å². The van der Waals surface area contributed by atoms with Crippen molar-refractivity contribution in [3.05, 3.63) is 24.3 Å². The van der Waals surface area contributed by atoms with Gasteiger partial charge < -0.3 is 4.57 Å². The Morgan fingerprint density at radius 1 is 1.38 bits per heavy atom. The lowest BCUT2D eigenvalue weighted by Gasteiger charge is -2.02. The highest BCUT2D eigenvalue weighted by Crippen LogP contribution is 2.09. The van der Waals surface area contributed by atoms with Gasteiger partial charge in [0.15, 0.2) is 7.85 Å². The number of aromatic nitrogens is 2. The van der Waals surface area contributed by atoms with Gasteiger partial charge in [-0.05, 0) is 12.1 Å². The molecule has 1 aromatic heterocycles. The maximum absolute atomic E-state index is 12.2. The Balaban J connectivity index is 2.64. The van der Waals surface area contributed by atoms with Crippen LogP contribution in [0.2, 0.25) is 0 Å². The highest BCUT2D eigenvalue weighted by molar-refractivity contribution is 6.30. The fraction of sp³-hybridized carbons (Fsp3) is 0.222. The largest absolute Gasteiger partial charge is 0.334 e. The molecule has 0 radical (unpaired) electrons.